The fraction of sp³-hybridized carbons (Fsp3) is 0.227. The largest absolute Gasteiger partial charge is 0.466 e. The molecule has 0 bridgehead atoms. The molecule has 5 nitrogen and oxygen atoms in total. The molecule has 1 aromatic heterocycles. The third-order valence-electron chi connectivity index (χ3n) is 4.27. The van der Waals surface area contributed by atoms with E-state index >= 15 is 0 Å². The van der Waals surface area contributed by atoms with Crippen LogP contribution in [-0.4, -0.2) is 23.5 Å². The van der Waals surface area contributed by atoms with Gasteiger partial charge in [-0.05, 0) is 30.7 Å². The van der Waals surface area contributed by atoms with Crippen molar-refractivity contribution in [1.29, 1.82) is 0 Å². The number of alkyl halides is 3. The van der Waals surface area contributed by atoms with Gasteiger partial charge in [-0.3, -0.25) is 9.59 Å². The Bertz CT molecular complexity index is 1120. The van der Waals surface area contributed by atoms with Crippen molar-refractivity contribution < 1.29 is 27.5 Å². The predicted molar refractivity (Wildman–Crippen MR) is 123 cm³/mol. The van der Waals surface area contributed by atoms with Crippen LogP contribution in [0.15, 0.2) is 58.3 Å². The zero-order valence-electron chi connectivity index (χ0n) is 17.2. The molecule has 11 heteroatoms. The van der Waals surface area contributed by atoms with Crippen LogP contribution in [-0.2, 0) is 26.9 Å². The maximum atomic E-state index is 13.1. The number of rotatable bonds is 8. The molecule has 2 aromatic carbocycles. The van der Waals surface area contributed by atoms with Gasteiger partial charge in [0.2, 0.25) is 5.91 Å². The standard InChI is InChI=1S/C22H18ClF3N2O3S2/c1-2-31-18(29)11-15-12-32-21(27-15)33-19(13-6-4-3-5-7-13)20(30)28-17-10-14(22(24,25)26)8-9-16(17)23/h3-10,12,19H,2,11H2,1H3,(H,28,30). The van der Waals surface area contributed by atoms with Crippen LogP contribution in [0.2, 0.25) is 5.02 Å². The van der Waals surface area contributed by atoms with Crippen molar-refractivity contribution in [2.45, 2.75) is 29.1 Å². The third-order valence-corrected chi connectivity index (χ3v) is 6.88. The molecule has 0 aliphatic carbocycles. The summed E-state index contributed by atoms with van der Waals surface area (Å²) in [5, 5.41) is 3.37. The highest BCUT2D eigenvalue weighted by Gasteiger charge is 2.32. The van der Waals surface area contributed by atoms with Crippen LogP contribution in [0.5, 0.6) is 0 Å². The van der Waals surface area contributed by atoms with Crippen LogP contribution < -0.4 is 5.32 Å². The van der Waals surface area contributed by atoms with Gasteiger partial charge in [0.1, 0.15) is 5.25 Å². The number of halogens is 4. The van der Waals surface area contributed by atoms with Crippen molar-refractivity contribution >= 4 is 52.3 Å². The van der Waals surface area contributed by atoms with Gasteiger partial charge in [-0.1, -0.05) is 53.7 Å². The Kier molecular flexibility index (Phi) is 8.39. The molecule has 0 saturated carbocycles. The van der Waals surface area contributed by atoms with Crippen LogP contribution >= 0.6 is 34.7 Å². The maximum absolute atomic E-state index is 13.1. The first kappa shape index (κ1) is 25.1. The van der Waals surface area contributed by atoms with Crippen LogP contribution in [0.1, 0.15) is 29.0 Å². The molecule has 1 heterocycles. The van der Waals surface area contributed by atoms with Crippen LogP contribution in [0.3, 0.4) is 0 Å². The Hall–Kier alpha value is -2.56. The molecule has 174 valence electrons. The Morgan fingerprint density at radius 3 is 2.61 bits per heavy atom. The van der Waals surface area contributed by atoms with E-state index in [-0.39, 0.29) is 23.7 Å². The van der Waals surface area contributed by atoms with E-state index < -0.39 is 28.9 Å². The van der Waals surface area contributed by atoms with Crippen molar-refractivity contribution in [2.75, 3.05) is 11.9 Å². The maximum Gasteiger partial charge on any atom is 0.416 e. The topological polar surface area (TPSA) is 68.3 Å². The summed E-state index contributed by atoms with van der Waals surface area (Å²) >= 11 is 8.41. The second-order valence-corrected chi connectivity index (χ2v) is 9.29. The number of carbonyl (C=O) groups is 2. The van der Waals surface area contributed by atoms with Gasteiger partial charge >= 0.3 is 12.1 Å². The zero-order valence-corrected chi connectivity index (χ0v) is 19.6. The average Bonchev–Trinajstić information content (AvgIpc) is 3.20. The first-order valence-corrected chi connectivity index (χ1v) is 11.8. The number of hydrogen-bond donors (Lipinski definition) is 1. The average molecular weight is 515 g/mol. The summed E-state index contributed by atoms with van der Waals surface area (Å²) in [5.74, 6) is -0.967. The number of aromatic nitrogens is 1. The van der Waals surface area contributed by atoms with E-state index in [1.807, 2.05) is 0 Å². The number of hydrogen-bond acceptors (Lipinski definition) is 6. The number of esters is 1. The number of nitrogens with one attached hydrogen (secondary N) is 1. The quantitative estimate of drug-likeness (QED) is 0.278. The van der Waals surface area contributed by atoms with Gasteiger partial charge in [0, 0.05) is 5.38 Å². The minimum absolute atomic E-state index is 0.00689. The minimum Gasteiger partial charge on any atom is -0.466 e. The molecular weight excluding hydrogens is 497 g/mol. The summed E-state index contributed by atoms with van der Waals surface area (Å²) in [7, 11) is 0. The highest BCUT2D eigenvalue weighted by atomic mass is 35.5. The summed E-state index contributed by atoms with van der Waals surface area (Å²) in [5.41, 5.74) is 0.0779. The summed E-state index contributed by atoms with van der Waals surface area (Å²) in [6.45, 7) is 1.97. The van der Waals surface area contributed by atoms with E-state index in [0.717, 1.165) is 30.0 Å². The molecule has 33 heavy (non-hydrogen) atoms. The highest BCUT2D eigenvalue weighted by Crippen LogP contribution is 2.39. The lowest BCUT2D eigenvalue weighted by atomic mass is 10.1. The number of anilines is 1. The number of carbonyl (C=O) groups excluding carboxylic acids is 2. The van der Waals surface area contributed by atoms with Gasteiger partial charge in [0.05, 0.1) is 35.0 Å². The number of thiazole rings is 1. The highest BCUT2D eigenvalue weighted by molar-refractivity contribution is 8.01. The Morgan fingerprint density at radius 2 is 1.94 bits per heavy atom. The molecule has 0 aliphatic heterocycles. The van der Waals surface area contributed by atoms with Crippen LogP contribution in [0.4, 0.5) is 18.9 Å². The smallest absolute Gasteiger partial charge is 0.416 e. The van der Waals surface area contributed by atoms with Crippen molar-refractivity contribution in [1.82, 2.24) is 4.98 Å². The predicted octanol–water partition coefficient (Wildman–Crippen LogP) is 6.39. The molecule has 0 saturated heterocycles. The molecule has 1 unspecified atom stereocenters. The summed E-state index contributed by atoms with van der Waals surface area (Å²) in [6.07, 6.45) is -4.57. The lowest BCUT2D eigenvalue weighted by Crippen LogP contribution is -2.19. The second-order valence-electron chi connectivity index (χ2n) is 6.68. The monoisotopic (exact) mass is 514 g/mol. The number of thioether (sulfide) groups is 1. The van der Waals surface area contributed by atoms with E-state index in [9.17, 15) is 22.8 Å². The van der Waals surface area contributed by atoms with E-state index in [1.165, 1.54) is 11.3 Å². The van der Waals surface area contributed by atoms with Gasteiger partial charge in [-0.2, -0.15) is 13.2 Å². The lowest BCUT2D eigenvalue weighted by molar-refractivity contribution is -0.142. The molecule has 3 rings (SSSR count). The molecule has 1 atom stereocenters. The van der Waals surface area contributed by atoms with Gasteiger partial charge in [-0.15, -0.1) is 11.3 Å². The first-order chi connectivity index (χ1) is 15.7. The molecule has 0 spiro atoms. The summed E-state index contributed by atoms with van der Waals surface area (Å²) < 4.78 is 44.7. The fourth-order valence-corrected chi connectivity index (χ4v) is 4.97. The minimum atomic E-state index is -4.58. The molecule has 3 aromatic rings. The van der Waals surface area contributed by atoms with Crippen molar-refractivity contribution in [3.63, 3.8) is 0 Å². The van der Waals surface area contributed by atoms with Gasteiger partial charge in [0.25, 0.3) is 0 Å². The van der Waals surface area contributed by atoms with Crippen LogP contribution in [0, 0.1) is 0 Å². The third kappa shape index (κ3) is 6.96. The van der Waals surface area contributed by atoms with Gasteiger partial charge in [-0.25, -0.2) is 4.98 Å². The van der Waals surface area contributed by atoms with E-state index in [4.69, 9.17) is 16.3 Å². The number of nitrogens with zero attached hydrogens (tertiary/aromatic N) is 1. The molecular formula is C22H18ClF3N2O3S2. The van der Waals surface area contributed by atoms with E-state index in [0.29, 0.717) is 15.6 Å². The molecule has 1 N–H and O–H groups in total. The van der Waals surface area contributed by atoms with E-state index in [1.54, 1.807) is 42.6 Å². The summed E-state index contributed by atoms with van der Waals surface area (Å²) in [4.78, 5) is 29.2. The van der Waals surface area contributed by atoms with Crippen molar-refractivity contribution in [3.05, 3.63) is 75.8 Å². The Morgan fingerprint density at radius 1 is 1.21 bits per heavy atom. The first-order valence-electron chi connectivity index (χ1n) is 9.66. The zero-order chi connectivity index (χ0) is 24.0. The molecule has 0 radical (unpaired) electrons. The number of benzene rings is 2. The molecule has 0 aliphatic rings. The fourth-order valence-electron chi connectivity index (χ4n) is 2.78. The van der Waals surface area contributed by atoms with Crippen LogP contribution in [0.25, 0.3) is 0 Å². The van der Waals surface area contributed by atoms with Gasteiger partial charge < -0.3 is 10.1 Å². The second kappa shape index (κ2) is 11.0. The van der Waals surface area contributed by atoms with Crippen molar-refractivity contribution in [3.8, 4) is 0 Å². The Labute approximate surface area is 201 Å². The number of amides is 1. The lowest BCUT2D eigenvalue weighted by Gasteiger charge is -2.17. The molecule has 1 amide bonds. The Balaban J connectivity index is 1.83. The molecule has 0 fully saturated rings. The SMILES string of the molecule is CCOC(=O)Cc1csc(SC(C(=O)Nc2cc(C(F)(F)F)ccc2Cl)c2ccccc2)n1. The van der Waals surface area contributed by atoms with E-state index in [2.05, 4.69) is 10.3 Å². The number of ether oxygens (including phenoxy) is 1. The van der Waals surface area contributed by atoms with Crippen molar-refractivity contribution in [2.24, 2.45) is 0 Å². The summed E-state index contributed by atoms with van der Waals surface area (Å²) in [6, 6.07) is 11.5. The van der Waals surface area contributed by atoms with Gasteiger partial charge in [0.15, 0.2) is 4.34 Å². The normalized spacial score (nSPS) is 12.3.